The molecule has 1 heterocycles. The van der Waals surface area contributed by atoms with Crippen molar-refractivity contribution in [2.75, 3.05) is 6.61 Å². The summed E-state index contributed by atoms with van der Waals surface area (Å²) < 4.78 is 7.11. The maximum atomic E-state index is 12.2. The van der Waals surface area contributed by atoms with Crippen molar-refractivity contribution in [3.63, 3.8) is 0 Å². The molecule has 0 spiro atoms. The van der Waals surface area contributed by atoms with E-state index in [2.05, 4.69) is 15.4 Å². The Morgan fingerprint density at radius 2 is 1.72 bits per heavy atom. The Labute approximate surface area is 169 Å². The van der Waals surface area contributed by atoms with Gasteiger partial charge in [0.25, 0.3) is 0 Å². The number of ether oxygens (including phenoxy) is 1. The minimum atomic E-state index is -0.143. The van der Waals surface area contributed by atoms with Gasteiger partial charge in [-0.25, -0.2) is 9.67 Å². The van der Waals surface area contributed by atoms with Crippen LogP contribution in [0.5, 0.6) is 5.75 Å². The van der Waals surface area contributed by atoms with Crippen molar-refractivity contribution in [3.05, 3.63) is 77.9 Å². The van der Waals surface area contributed by atoms with E-state index in [4.69, 9.17) is 4.74 Å². The number of carbonyl (C=O) groups is 2. The van der Waals surface area contributed by atoms with Crippen LogP contribution in [0.25, 0.3) is 0 Å². The summed E-state index contributed by atoms with van der Waals surface area (Å²) in [7, 11) is 0. The normalized spacial score (nSPS) is 10.5. The van der Waals surface area contributed by atoms with Gasteiger partial charge in [-0.3, -0.25) is 9.59 Å². The van der Waals surface area contributed by atoms with Crippen LogP contribution < -0.4 is 10.1 Å². The molecule has 7 heteroatoms. The highest BCUT2D eigenvalue weighted by molar-refractivity contribution is 5.98. The summed E-state index contributed by atoms with van der Waals surface area (Å²) in [6, 6.07) is 14.9. The Kier molecular flexibility index (Phi) is 7.10. The Morgan fingerprint density at radius 1 is 1.00 bits per heavy atom. The molecule has 0 aliphatic rings. The van der Waals surface area contributed by atoms with E-state index in [0.29, 0.717) is 25.3 Å². The number of carbonyl (C=O) groups excluding carboxylic acids is 2. The molecule has 0 aliphatic heterocycles. The summed E-state index contributed by atoms with van der Waals surface area (Å²) in [6.45, 7) is 3.57. The number of ketones is 1. The molecule has 7 nitrogen and oxygen atoms in total. The van der Waals surface area contributed by atoms with Crippen molar-refractivity contribution in [2.24, 2.45) is 0 Å². The molecule has 1 amide bonds. The minimum absolute atomic E-state index is 0.0549. The molecule has 1 N–H and O–H groups in total. The molecular formula is C22H24N4O3. The molecule has 1 aromatic heterocycles. The van der Waals surface area contributed by atoms with Gasteiger partial charge >= 0.3 is 0 Å². The third kappa shape index (κ3) is 6.27. The Hall–Kier alpha value is -3.48. The molecule has 0 fully saturated rings. The Balaban J connectivity index is 1.40. The number of hydrogen-bond donors (Lipinski definition) is 1. The van der Waals surface area contributed by atoms with Crippen molar-refractivity contribution in [1.29, 1.82) is 0 Å². The predicted molar refractivity (Wildman–Crippen MR) is 109 cm³/mol. The molecule has 0 radical (unpaired) electrons. The average molecular weight is 392 g/mol. The van der Waals surface area contributed by atoms with Crippen LogP contribution in [-0.2, 0) is 17.9 Å². The summed E-state index contributed by atoms with van der Waals surface area (Å²) in [4.78, 5) is 28.2. The molecule has 3 aromatic rings. The second-order valence-electron chi connectivity index (χ2n) is 6.57. The number of nitrogens with one attached hydrogen (secondary N) is 1. The number of hydrogen-bond acceptors (Lipinski definition) is 5. The molecule has 0 atom stereocenters. The van der Waals surface area contributed by atoms with Crippen LogP contribution in [0.15, 0.2) is 61.2 Å². The molecule has 2 aromatic carbocycles. The average Bonchev–Trinajstić information content (AvgIpc) is 3.25. The first-order valence-electron chi connectivity index (χ1n) is 9.57. The van der Waals surface area contributed by atoms with Crippen LogP contribution in [0.3, 0.4) is 0 Å². The number of Topliss-reactive ketones (excluding diaryl/α,β-unsaturated/α-hetero) is 1. The van der Waals surface area contributed by atoms with Crippen LogP contribution in [0.1, 0.15) is 41.3 Å². The number of nitrogens with zero attached hydrogens (tertiary/aromatic N) is 3. The van der Waals surface area contributed by atoms with E-state index in [1.807, 2.05) is 31.2 Å². The minimum Gasteiger partial charge on any atom is -0.494 e. The van der Waals surface area contributed by atoms with Gasteiger partial charge < -0.3 is 10.1 Å². The van der Waals surface area contributed by atoms with Gasteiger partial charge in [0.05, 0.1) is 13.2 Å². The molecule has 3 rings (SSSR count). The van der Waals surface area contributed by atoms with Gasteiger partial charge in [0.15, 0.2) is 5.78 Å². The van der Waals surface area contributed by atoms with E-state index < -0.39 is 0 Å². The third-order valence-electron chi connectivity index (χ3n) is 4.39. The third-order valence-corrected chi connectivity index (χ3v) is 4.39. The van der Waals surface area contributed by atoms with Crippen LogP contribution in [0.2, 0.25) is 0 Å². The summed E-state index contributed by atoms with van der Waals surface area (Å²) in [6.07, 6.45) is 3.51. The van der Waals surface area contributed by atoms with Crippen LogP contribution >= 0.6 is 0 Å². The molecule has 0 unspecified atom stereocenters. The second-order valence-corrected chi connectivity index (χ2v) is 6.57. The van der Waals surface area contributed by atoms with E-state index in [-0.39, 0.29) is 24.5 Å². The lowest BCUT2D eigenvalue weighted by Gasteiger charge is -2.07. The van der Waals surface area contributed by atoms with Crippen LogP contribution in [0.4, 0.5) is 0 Å². The highest BCUT2D eigenvalue weighted by Crippen LogP contribution is 2.14. The van der Waals surface area contributed by atoms with E-state index >= 15 is 0 Å². The molecular weight excluding hydrogens is 368 g/mol. The number of benzene rings is 2. The molecule has 150 valence electrons. The molecule has 0 bridgehead atoms. The maximum absolute atomic E-state index is 12.2. The highest BCUT2D eigenvalue weighted by atomic mass is 16.5. The van der Waals surface area contributed by atoms with Gasteiger partial charge in [0, 0.05) is 24.9 Å². The standard InChI is InChI=1S/C22H24N4O3/c1-2-29-20-9-7-19(8-10-20)21(27)11-12-22(28)24-13-17-3-5-18(6-4-17)14-26-16-23-15-25-26/h3-10,15-16H,2,11-14H2,1H3,(H,24,28). The van der Waals surface area contributed by atoms with Gasteiger partial charge in [-0.05, 0) is 42.3 Å². The summed E-state index contributed by atoms with van der Waals surface area (Å²) in [5, 5.41) is 6.94. The summed E-state index contributed by atoms with van der Waals surface area (Å²) in [5.41, 5.74) is 2.69. The molecule has 0 saturated heterocycles. The van der Waals surface area contributed by atoms with Crippen molar-refractivity contribution < 1.29 is 14.3 Å². The monoisotopic (exact) mass is 392 g/mol. The fourth-order valence-electron chi connectivity index (χ4n) is 2.83. The second kappa shape index (κ2) is 10.2. The quantitative estimate of drug-likeness (QED) is 0.536. The van der Waals surface area contributed by atoms with Gasteiger partial charge in [0.2, 0.25) is 5.91 Å². The predicted octanol–water partition coefficient (Wildman–Crippen LogP) is 3.00. The summed E-state index contributed by atoms with van der Waals surface area (Å²) in [5.74, 6) is 0.533. The number of aromatic nitrogens is 3. The first kappa shape index (κ1) is 20.3. The number of amides is 1. The summed E-state index contributed by atoms with van der Waals surface area (Å²) >= 11 is 0. The Bertz CT molecular complexity index is 920. The topological polar surface area (TPSA) is 86.1 Å². The van der Waals surface area contributed by atoms with E-state index in [1.165, 1.54) is 6.33 Å². The van der Waals surface area contributed by atoms with Crippen LogP contribution in [-0.4, -0.2) is 33.1 Å². The zero-order valence-electron chi connectivity index (χ0n) is 16.4. The van der Waals surface area contributed by atoms with Crippen molar-refractivity contribution in [1.82, 2.24) is 20.1 Å². The van der Waals surface area contributed by atoms with E-state index in [1.54, 1.807) is 35.3 Å². The van der Waals surface area contributed by atoms with Gasteiger partial charge in [-0.2, -0.15) is 5.10 Å². The van der Waals surface area contributed by atoms with E-state index in [0.717, 1.165) is 16.9 Å². The smallest absolute Gasteiger partial charge is 0.220 e. The lowest BCUT2D eigenvalue weighted by atomic mass is 10.1. The molecule has 0 aliphatic carbocycles. The lowest BCUT2D eigenvalue weighted by molar-refractivity contribution is -0.121. The fourth-order valence-corrected chi connectivity index (χ4v) is 2.83. The zero-order valence-corrected chi connectivity index (χ0v) is 16.4. The highest BCUT2D eigenvalue weighted by Gasteiger charge is 2.09. The SMILES string of the molecule is CCOc1ccc(C(=O)CCC(=O)NCc2ccc(Cn3cncn3)cc2)cc1. The number of rotatable bonds is 10. The largest absolute Gasteiger partial charge is 0.494 e. The van der Waals surface area contributed by atoms with Crippen LogP contribution in [0, 0.1) is 0 Å². The Morgan fingerprint density at radius 3 is 2.38 bits per heavy atom. The lowest BCUT2D eigenvalue weighted by Crippen LogP contribution is -2.23. The first-order chi connectivity index (χ1) is 14.1. The molecule has 0 saturated carbocycles. The maximum Gasteiger partial charge on any atom is 0.220 e. The molecule has 29 heavy (non-hydrogen) atoms. The van der Waals surface area contributed by atoms with E-state index in [9.17, 15) is 9.59 Å². The van der Waals surface area contributed by atoms with Crippen molar-refractivity contribution in [3.8, 4) is 5.75 Å². The fraction of sp³-hybridized carbons (Fsp3) is 0.273. The van der Waals surface area contributed by atoms with Crippen molar-refractivity contribution >= 4 is 11.7 Å². The zero-order chi connectivity index (χ0) is 20.5. The van der Waals surface area contributed by atoms with Gasteiger partial charge in [0.1, 0.15) is 18.4 Å². The van der Waals surface area contributed by atoms with Gasteiger partial charge in [-0.15, -0.1) is 0 Å². The van der Waals surface area contributed by atoms with Crippen molar-refractivity contribution in [2.45, 2.75) is 32.9 Å². The van der Waals surface area contributed by atoms with Gasteiger partial charge in [-0.1, -0.05) is 24.3 Å². The first-order valence-corrected chi connectivity index (χ1v) is 9.57.